The van der Waals surface area contributed by atoms with Crippen LogP contribution in [0.1, 0.15) is 12.6 Å². The number of thiazole rings is 1. The molecule has 0 aliphatic heterocycles. The molecule has 6 nitrogen and oxygen atoms in total. The Morgan fingerprint density at radius 1 is 1.07 bits per heavy atom. The van der Waals surface area contributed by atoms with Gasteiger partial charge in [-0.2, -0.15) is 0 Å². The van der Waals surface area contributed by atoms with E-state index < -0.39 is 5.97 Å². The number of benzene rings is 2. The maximum atomic E-state index is 12.1. The van der Waals surface area contributed by atoms with Gasteiger partial charge in [0.05, 0.1) is 26.4 Å². The predicted molar refractivity (Wildman–Crippen MR) is 118 cm³/mol. The molecule has 1 heterocycles. The van der Waals surface area contributed by atoms with Gasteiger partial charge in [-0.3, -0.25) is 9.69 Å². The van der Waals surface area contributed by atoms with Gasteiger partial charge in [-0.25, -0.2) is 9.78 Å². The summed E-state index contributed by atoms with van der Waals surface area (Å²) in [6, 6.07) is 12.0. The SMILES string of the molecule is CC(=O)N(c1ccccc1)c1nc(COC(=O)COc2cc(Cl)c(Cl)cc2Cl)cs1. The topological polar surface area (TPSA) is 68.7 Å². The Balaban J connectivity index is 1.58. The summed E-state index contributed by atoms with van der Waals surface area (Å²) in [5.41, 5.74) is 1.22. The fourth-order valence-electron chi connectivity index (χ4n) is 2.42. The maximum Gasteiger partial charge on any atom is 0.344 e. The first-order chi connectivity index (χ1) is 14.3. The summed E-state index contributed by atoms with van der Waals surface area (Å²) in [5, 5.41) is 2.97. The highest BCUT2D eigenvalue weighted by Gasteiger charge is 2.18. The molecule has 2 aromatic carbocycles. The molecule has 0 saturated carbocycles. The van der Waals surface area contributed by atoms with Crippen LogP contribution in [0.5, 0.6) is 5.75 Å². The zero-order chi connectivity index (χ0) is 21.7. The second kappa shape index (κ2) is 10.1. The molecule has 1 amide bonds. The van der Waals surface area contributed by atoms with E-state index in [1.54, 1.807) is 5.38 Å². The molecule has 0 aliphatic carbocycles. The average molecular weight is 486 g/mol. The molecule has 0 saturated heterocycles. The van der Waals surface area contributed by atoms with Crippen LogP contribution in [0, 0.1) is 0 Å². The highest BCUT2D eigenvalue weighted by atomic mass is 35.5. The number of aromatic nitrogens is 1. The van der Waals surface area contributed by atoms with Gasteiger partial charge in [0.15, 0.2) is 11.7 Å². The van der Waals surface area contributed by atoms with E-state index in [1.165, 1.54) is 35.3 Å². The zero-order valence-corrected chi connectivity index (χ0v) is 18.7. The van der Waals surface area contributed by atoms with Crippen molar-refractivity contribution in [3.05, 3.63) is 68.6 Å². The van der Waals surface area contributed by atoms with Gasteiger partial charge in [0.1, 0.15) is 12.4 Å². The van der Waals surface area contributed by atoms with Crippen molar-refractivity contribution in [1.82, 2.24) is 4.98 Å². The van der Waals surface area contributed by atoms with E-state index in [0.717, 1.165) is 0 Å². The van der Waals surface area contributed by atoms with Crippen molar-refractivity contribution in [2.45, 2.75) is 13.5 Å². The van der Waals surface area contributed by atoms with E-state index in [2.05, 4.69) is 4.98 Å². The molecule has 156 valence electrons. The van der Waals surface area contributed by atoms with Crippen LogP contribution in [0.2, 0.25) is 15.1 Å². The van der Waals surface area contributed by atoms with Gasteiger partial charge in [0.2, 0.25) is 5.91 Å². The summed E-state index contributed by atoms with van der Waals surface area (Å²) in [6.45, 7) is 1.03. The number of hydrogen-bond donors (Lipinski definition) is 0. The average Bonchev–Trinajstić information content (AvgIpc) is 3.17. The van der Waals surface area contributed by atoms with Gasteiger partial charge in [-0.1, -0.05) is 53.0 Å². The first-order valence-electron chi connectivity index (χ1n) is 8.58. The zero-order valence-electron chi connectivity index (χ0n) is 15.6. The maximum absolute atomic E-state index is 12.1. The molecule has 0 unspecified atom stereocenters. The van der Waals surface area contributed by atoms with Gasteiger partial charge < -0.3 is 9.47 Å². The summed E-state index contributed by atoms with van der Waals surface area (Å²) in [7, 11) is 0. The summed E-state index contributed by atoms with van der Waals surface area (Å²) in [5.74, 6) is -0.567. The number of carbonyl (C=O) groups is 2. The van der Waals surface area contributed by atoms with Gasteiger partial charge in [-0.15, -0.1) is 11.3 Å². The predicted octanol–water partition coefficient (Wildman–Crippen LogP) is 5.91. The molecule has 3 aromatic rings. The summed E-state index contributed by atoms with van der Waals surface area (Å²) >= 11 is 19.0. The van der Waals surface area contributed by atoms with E-state index >= 15 is 0 Å². The van der Waals surface area contributed by atoms with Gasteiger partial charge in [0, 0.05) is 18.4 Å². The lowest BCUT2D eigenvalue weighted by Crippen LogP contribution is -2.22. The third kappa shape index (κ3) is 5.64. The number of rotatable bonds is 7. The molecular formula is C20H15Cl3N2O4S. The smallest absolute Gasteiger partial charge is 0.344 e. The van der Waals surface area contributed by atoms with Gasteiger partial charge >= 0.3 is 5.97 Å². The van der Waals surface area contributed by atoms with Crippen LogP contribution in [-0.2, 0) is 20.9 Å². The highest BCUT2D eigenvalue weighted by Crippen LogP contribution is 2.34. The molecule has 10 heteroatoms. The first-order valence-corrected chi connectivity index (χ1v) is 10.6. The van der Waals surface area contributed by atoms with Crippen molar-refractivity contribution in [3.63, 3.8) is 0 Å². The third-order valence-electron chi connectivity index (χ3n) is 3.76. The second-order valence-electron chi connectivity index (χ2n) is 5.96. The number of esters is 1. The third-order valence-corrected chi connectivity index (χ3v) is 5.65. The van der Waals surface area contributed by atoms with Crippen LogP contribution < -0.4 is 9.64 Å². The molecule has 0 atom stereocenters. The number of para-hydroxylation sites is 1. The van der Waals surface area contributed by atoms with E-state index in [-0.39, 0.29) is 39.9 Å². The van der Waals surface area contributed by atoms with E-state index in [1.807, 2.05) is 30.3 Å². The minimum absolute atomic E-state index is 0.0612. The van der Waals surface area contributed by atoms with E-state index in [9.17, 15) is 9.59 Å². The summed E-state index contributed by atoms with van der Waals surface area (Å²) in [6.07, 6.45) is 0. The Morgan fingerprint density at radius 3 is 2.47 bits per heavy atom. The Labute approximate surface area is 191 Å². The quantitative estimate of drug-likeness (QED) is 0.307. The molecule has 0 N–H and O–H groups in total. The highest BCUT2D eigenvalue weighted by molar-refractivity contribution is 7.14. The lowest BCUT2D eigenvalue weighted by atomic mass is 10.3. The summed E-state index contributed by atoms with van der Waals surface area (Å²) in [4.78, 5) is 29.9. The van der Waals surface area contributed by atoms with E-state index in [0.29, 0.717) is 16.5 Å². The van der Waals surface area contributed by atoms with Crippen molar-refractivity contribution >= 4 is 68.8 Å². The number of ether oxygens (including phenoxy) is 2. The molecular weight excluding hydrogens is 471 g/mol. The van der Waals surface area contributed by atoms with Crippen molar-refractivity contribution in [2.24, 2.45) is 0 Å². The number of anilines is 2. The number of carbonyl (C=O) groups excluding carboxylic acids is 2. The van der Waals surface area contributed by atoms with Crippen LogP contribution >= 0.6 is 46.1 Å². The number of amides is 1. The lowest BCUT2D eigenvalue weighted by Gasteiger charge is -2.17. The fraction of sp³-hybridized carbons (Fsp3) is 0.150. The largest absolute Gasteiger partial charge is 0.480 e. The fourth-order valence-corrected chi connectivity index (χ4v) is 3.88. The molecule has 30 heavy (non-hydrogen) atoms. The molecule has 0 spiro atoms. The first kappa shape index (κ1) is 22.4. The molecule has 0 fully saturated rings. The van der Waals surface area contributed by atoms with Crippen molar-refractivity contribution in [1.29, 1.82) is 0 Å². The van der Waals surface area contributed by atoms with Gasteiger partial charge in [0.25, 0.3) is 0 Å². The van der Waals surface area contributed by atoms with Crippen LogP contribution in [0.25, 0.3) is 0 Å². The summed E-state index contributed by atoms with van der Waals surface area (Å²) < 4.78 is 10.5. The lowest BCUT2D eigenvalue weighted by molar-refractivity contribution is -0.147. The molecule has 0 aliphatic rings. The molecule has 0 bridgehead atoms. The minimum atomic E-state index is -0.613. The van der Waals surface area contributed by atoms with Crippen LogP contribution in [0.3, 0.4) is 0 Å². The second-order valence-corrected chi connectivity index (χ2v) is 8.02. The number of halogens is 3. The minimum Gasteiger partial charge on any atom is -0.480 e. The van der Waals surface area contributed by atoms with Crippen molar-refractivity contribution in [2.75, 3.05) is 11.5 Å². The Morgan fingerprint density at radius 2 is 1.77 bits per heavy atom. The monoisotopic (exact) mass is 484 g/mol. The Hall–Kier alpha value is -2.32. The van der Waals surface area contributed by atoms with Crippen LogP contribution in [-0.4, -0.2) is 23.5 Å². The van der Waals surface area contributed by atoms with Crippen molar-refractivity contribution < 1.29 is 19.1 Å². The Kier molecular flexibility index (Phi) is 7.55. The number of nitrogens with zero attached hydrogens (tertiary/aromatic N) is 2. The number of hydrogen-bond acceptors (Lipinski definition) is 6. The van der Waals surface area contributed by atoms with Crippen molar-refractivity contribution in [3.8, 4) is 5.75 Å². The molecule has 0 radical (unpaired) electrons. The Bertz CT molecular complexity index is 1060. The standard InChI is InChI=1S/C20H15Cl3N2O4S/c1-12(26)25(14-5-3-2-4-6-14)20-24-13(11-30-20)9-29-19(27)10-28-18-8-16(22)15(21)7-17(18)23/h2-8,11H,9-10H2,1H3. The van der Waals surface area contributed by atoms with Gasteiger partial charge in [-0.05, 0) is 18.2 Å². The molecule has 1 aromatic heterocycles. The van der Waals surface area contributed by atoms with E-state index in [4.69, 9.17) is 44.3 Å². The normalized spacial score (nSPS) is 10.5. The van der Waals surface area contributed by atoms with Crippen LogP contribution in [0.4, 0.5) is 10.8 Å². The molecule has 3 rings (SSSR count). The van der Waals surface area contributed by atoms with Crippen LogP contribution in [0.15, 0.2) is 47.8 Å².